The van der Waals surface area contributed by atoms with Crippen molar-refractivity contribution >= 4 is 184 Å². The number of alkyl halides is 1. The first-order valence-electron chi connectivity index (χ1n) is 39.0. The summed E-state index contributed by atoms with van der Waals surface area (Å²) in [7, 11) is 14.6. The maximum atomic E-state index is 10.7. The van der Waals surface area contributed by atoms with Crippen molar-refractivity contribution in [2.24, 2.45) is 0 Å². The second-order valence-electron chi connectivity index (χ2n) is 27.3. The zero-order chi connectivity index (χ0) is 87.2. The van der Waals surface area contributed by atoms with Gasteiger partial charge in [0.2, 0.25) is 9.23 Å². The van der Waals surface area contributed by atoms with E-state index in [4.69, 9.17) is 64.7 Å². The number of methoxy groups -OCH3 is 5. The van der Waals surface area contributed by atoms with Crippen LogP contribution < -0.4 is 81.6 Å². The molecule has 2 N–H and O–H groups in total. The van der Waals surface area contributed by atoms with E-state index in [1.54, 1.807) is 53.9 Å². The molecule has 0 atom stereocenters. The number of aryl methyl sites for hydroxylation is 2. The van der Waals surface area contributed by atoms with Crippen LogP contribution in [0.2, 0.25) is 0 Å². The minimum absolute atomic E-state index is 0. The Balaban J connectivity index is 0.000000192. The van der Waals surface area contributed by atoms with Crippen LogP contribution in [0.4, 0.5) is 0 Å². The van der Waals surface area contributed by atoms with Crippen LogP contribution in [-0.4, -0.2) is 123 Å². The van der Waals surface area contributed by atoms with E-state index in [2.05, 4.69) is 209 Å². The summed E-state index contributed by atoms with van der Waals surface area (Å²) in [5.41, 5.74) is 13.3. The number of ether oxygens (including phenoxy) is 5. The van der Waals surface area contributed by atoms with Gasteiger partial charge in [-0.25, -0.2) is 34.1 Å². The van der Waals surface area contributed by atoms with Crippen LogP contribution in [0.25, 0.3) is 98.1 Å². The third-order valence-electron chi connectivity index (χ3n) is 19.9. The van der Waals surface area contributed by atoms with Crippen LogP contribution in [0.15, 0.2) is 328 Å². The van der Waals surface area contributed by atoms with Gasteiger partial charge in [-0.15, -0.1) is 11.6 Å². The van der Waals surface area contributed by atoms with Gasteiger partial charge in [-0.1, -0.05) is 194 Å². The number of benzene rings is 10. The molecule has 0 bridgehead atoms. The van der Waals surface area contributed by atoms with Crippen LogP contribution in [0.1, 0.15) is 50.9 Å². The van der Waals surface area contributed by atoms with E-state index >= 15 is 0 Å². The summed E-state index contributed by atoms with van der Waals surface area (Å²) in [5.74, 6) is 4.25. The summed E-state index contributed by atoms with van der Waals surface area (Å²) < 4.78 is 35.7. The summed E-state index contributed by atoms with van der Waals surface area (Å²) in [5, 5.41) is 29.5. The van der Waals surface area contributed by atoms with Gasteiger partial charge < -0.3 is 47.7 Å². The second kappa shape index (κ2) is 49.7. The first-order chi connectivity index (χ1) is 60.8. The molecule has 19 nitrogen and oxygen atoms in total. The van der Waals surface area contributed by atoms with E-state index in [9.17, 15) is 9.59 Å². The molecule has 3 radical (unpaired) electrons. The molecule has 19 aromatic rings. The van der Waals surface area contributed by atoms with Gasteiger partial charge in [0.25, 0.3) is 0 Å². The summed E-state index contributed by atoms with van der Waals surface area (Å²) >= 11 is 5.72. The van der Waals surface area contributed by atoms with E-state index in [0.29, 0.717) is 28.7 Å². The van der Waals surface area contributed by atoms with Crippen molar-refractivity contribution in [1.82, 2.24) is 44.9 Å². The largest absolute Gasteiger partial charge is 1.00 e. The number of aromatic nitrogens is 9. The van der Waals surface area contributed by atoms with Crippen molar-refractivity contribution in [1.29, 1.82) is 0 Å². The van der Waals surface area contributed by atoms with E-state index in [1.807, 2.05) is 152 Å². The molecule has 0 unspecified atom stereocenters. The fraction of sp³-hybridized carbons (Fsp3) is 0.110. The fourth-order valence-electron chi connectivity index (χ4n) is 14.0. The number of aliphatic hydroxyl groups excluding tert-OH is 2. The minimum atomic E-state index is -1.98. The number of pyridine rings is 9. The first-order valence-corrected chi connectivity index (χ1v) is 44.3. The standard InChI is InChI=1S/C29H25NOP.C24H19N3O.C13H8N2O.C11H10ClNO.C11H11NO2.C11H9NO2.CH4O.B.Cl2OS.ClH.Na.H/c1-31-28-19-11-12-23-20-21-24(30-29(23)28)22-32(25-13-5-2-6-14-25,26-15-7-3-8-16-26)27-17-9-4-10-18-27;1-28-21-6-2-4-16-9-11-19(26-22(16)21)13-14-20-12-10-18-8-7-17-5-3-15-25-23(17)24(18)27-20;16-8-11-6-5-10-4-3-9-2-1-7-14-12(9)13(10)15-11;1-14-10-4-2-3-8-5-6-9(7-12)13-11(8)10;2*1-14-10-4-2-3-8-5-6-9(7-13)12-11(8)10;1-2;;1-4(2)3;;;/h2-21H,22H2,1H3;2-12,15H,13-14H2,1H3;1-8H;2-6H,7H2,1H3;2-6,13H,7H2,1H3;2-7H,1H3;2H,1H3;;;1H;;/q+1;;;;;;;;;;+1;-1/p-1. The van der Waals surface area contributed by atoms with Crippen LogP contribution in [0.5, 0.6) is 28.7 Å². The number of aldehydes is 2. The topological polar surface area (TPSA) is 254 Å². The summed E-state index contributed by atoms with van der Waals surface area (Å²) in [6.45, 7) is -0.0476. The van der Waals surface area contributed by atoms with Crippen molar-refractivity contribution in [3.63, 3.8) is 0 Å². The monoisotopic (exact) mass is 1810 g/mol. The van der Waals surface area contributed by atoms with Crippen LogP contribution in [-0.2, 0) is 40.7 Å². The normalized spacial score (nSPS) is 10.5. The molecule has 9 aromatic heterocycles. The predicted molar refractivity (Wildman–Crippen MR) is 513 cm³/mol. The molecule has 127 heavy (non-hydrogen) atoms. The van der Waals surface area contributed by atoms with Crippen LogP contribution in [0, 0.1) is 0 Å². The molecule has 27 heteroatoms. The summed E-state index contributed by atoms with van der Waals surface area (Å²) in [4.78, 5) is 62.1. The van der Waals surface area contributed by atoms with E-state index in [-0.39, 0.29) is 58.4 Å². The molecular formula is C100H87BCl4N9NaO10PS. The van der Waals surface area contributed by atoms with Gasteiger partial charge in [-0.2, -0.15) is 0 Å². The molecular weight excluding hydrogens is 1730 g/mol. The smallest absolute Gasteiger partial charge is 1.00 e. The van der Waals surface area contributed by atoms with Crippen molar-refractivity contribution < 1.29 is 91.1 Å². The number of para-hydroxylation sites is 5. The molecule has 0 fully saturated rings. The number of aliphatic hydroxyl groups is 2. The zero-order valence-corrected chi connectivity index (χ0v) is 77.2. The Morgan fingerprint density at radius 3 is 0.921 bits per heavy atom. The number of carbonyl (C=O) groups is 2. The molecule has 0 saturated carbocycles. The number of hydrogen-bond donors (Lipinski definition) is 2. The average Bonchev–Trinajstić information content (AvgIpc) is 0.745. The number of carbonyl (C=O) groups excluding carboxylic acids is 2. The number of rotatable bonds is 17. The minimum Gasteiger partial charge on any atom is -1.00 e. The maximum Gasteiger partial charge on any atom is 1.00 e. The quantitative estimate of drug-likeness (QED) is 0.0214. The molecule has 0 amide bonds. The van der Waals surface area contributed by atoms with Gasteiger partial charge in [-0.3, -0.25) is 24.5 Å². The number of halogens is 4. The Bertz CT molecular complexity index is 6710. The van der Waals surface area contributed by atoms with Gasteiger partial charge in [0.1, 0.15) is 97.1 Å². The molecule has 0 saturated heterocycles. The van der Waals surface area contributed by atoms with Gasteiger partial charge in [-0.05, 0) is 134 Å². The second-order valence-corrected chi connectivity index (χ2v) is 33.5. The first kappa shape index (κ1) is 98.7. The fourth-order valence-corrected chi connectivity index (χ4v) is 18.3. The van der Waals surface area contributed by atoms with E-state index in [0.717, 1.165) is 183 Å². The van der Waals surface area contributed by atoms with E-state index in [1.165, 1.54) is 15.9 Å². The summed E-state index contributed by atoms with van der Waals surface area (Å²) in [6, 6.07) is 106. The molecule has 0 aliphatic heterocycles. The molecule has 0 aliphatic rings. The van der Waals surface area contributed by atoms with Gasteiger partial charge in [0.05, 0.1) is 87.2 Å². The summed E-state index contributed by atoms with van der Waals surface area (Å²) in [6.07, 6.45) is 7.53. The van der Waals surface area contributed by atoms with Crippen LogP contribution >= 0.6 is 40.2 Å². The predicted octanol–water partition coefficient (Wildman–Crippen LogP) is 14.6. The number of hydrogen-bond acceptors (Lipinski definition) is 19. The number of fused-ring (bicyclic) bond motifs is 11. The molecule has 0 aliphatic carbocycles. The molecule has 10 aromatic carbocycles. The Morgan fingerprint density at radius 1 is 0.331 bits per heavy atom. The van der Waals surface area contributed by atoms with Gasteiger partial charge in [0, 0.05) is 109 Å². The SMILES string of the molecule is CO.COc1cccc2ccc(C=O)nc12.COc1cccc2ccc(CCc3ccc4ccc5cccnc5c4n3)nc12.COc1cccc2ccc(CCl)nc12.COc1cccc2ccc(CO)nc12.COc1cccc2ccc(C[P+](c3ccccc3)(c3ccccc3)c3ccccc3)nc12.O=Cc1ccc2ccc3cccnc3c2n1.O=S(Cl)Cl.[B].[Cl-].[H-].[Na+]. The van der Waals surface area contributed by atoms with Crippen molar-refractivity contribution in [2.75, 3.05) is 42.7 Å². The van der Waals surface area contributed by atoms with Crippen molar-refractivity contribution in [3.8, 4) is 28.7 Å². The average molecular weight is 1810 g/mol. The molecule has 635 valence electrons. The van der Waals surface area contributed by atoms with E-state index < -0.39 is 16.5 Å². The Kier molecular flexibility index (Phi) is 38.7. The van der Waals surface area contributed by atoms with Crippen LogP contribution in [0.3, 0.4) is 0 Å². The third kappa shape index (κ3) is 25.0. The molecule has 0 spiro atoms. The van der Waals surface area contributed by atoms with Crippen molar-refractivity contribution in [3.05, 3.63) is 368 Å². The molecule has 19 rings (SSSR count). The van der Waals surface area contributed by atoms with Gasteiger partial charge >= 0.3 is 29.6 Å². The Morgan fingerprint density at radius 2 is 0.583 bits per heavy atom. The third-order valence-corrected chi connectivity index (χ3v) is 24.5. The Hall–Kier alpha value is -12.0. The Labute approximate surface area is 784 Å². The molecule has 9 heterocycles. The zero-order valence-electron chi connectivity index (χ0n) is 71.5. The maximum absolute atomic E-state index is 10.7. The van der Waals surface area contributed by atoms with Crippen molar-refractivity contribution in [2.45, 2.75) is 31.5 Å². The number of nitrogens with zero attached hydrogens (tertiary/aromatic N) is 9. The van der Waals surface area contributed by atoms with Gasteiger partial charge in [0.15, 0.2) is 12.6 Å².